The van der Waals surface area contributed by atoms with E-state index < -0.39 is 0 Å². The zero-order valence-corrected chi connectivity index (χ0v) is 15.9. The lowest BCUT2D eigenvalue weighted by atomic mass is 10.2. The van der Waals surface area contributed by atoms with Crippen molar-refractivity contribution in [2.75, 3.05) is 10.6 Å². The second-order valence-electron chi connectivity index (χ2n) is 5.23. The van der Waals surface area contributed by atoms with Crippen LogP contribution in [0.25, 0.3) is 0 Å². The van der Waals surface area contributed by atoms with E-state index in [9.17, 15) is 0 Å². The summed E-state index contributed by atoms with van der Waals surface area (Å²) in [5.41, 5.74) is 2.51. The molecule has 8 heteroatoms. The smallest absolute Gasteiger partial charge is 0.175 e. The normalized spacial score (nSPS) is 10.5. The number of nitrogens with zero attached hydrogens (tertiary/aromatic N) is 2. The lowest BCUT2D eigenvalue weighted by molar-refractivity contribution is 0.687. The number of anilines is 2. The Labute approximate surface area is 165 Å². The van der Waals surface area contributed by atoms with Gasteiger partial charge in [0.25, 0.3) is 0 Å². The van der Waals surface area contributed by atoms with E-state index in [2.05, 4.69) is 15.7 Å². The van der Waals surface area contributed by atoms with Crippen molar-refractivity contribution >= 4 is 63.5 Å². The molecule has 1 aromatic heterocycles. The van der Waals surface area contributed by atoms with Crippen LogP contribution in [-0.4, -0.2) is 14.9 Å². The Morgan fingerprint density at radius 1 is 1.04 bits per heavy atom. The van der Waals surface area contributed by atoms with Crippen molar-refractivity contribution in [3.05, 3.63) is 75.5 Å². The van der Waals surface area contributed by atoms with Crippen molar-refractivity contribution in [2.45, 2.75) is 6.54 Å². The highest BCUT2D eigenvalue weighted by molar-refractivity contribution is 7.80. The van der Waals surface area contributed by atoms with Gasteiger partial charge in [-0.2, -0.15) is 5.10 Å². The molecule has 0 atom stereocenters. The van der Waals surface area contributed by atoms with Crippen LogP contribution >= 0.6 is 47.0 Å². The summed E-state index contributed by atoms with van der Waals surface area (Å²) in [5.74, 6) is 0. The molecule has 128 valence electrons. The molecular weight excluding hydrogens is 399 g/mol. The number of aromatic nitrogens is 2. The average molecular weight is 412 g/mol. The summed E-state index contributed by atoms with van der Waals surface area (Å²) in [6.45, 7) is 0.638. The third-order valence-corrected chi connectivity index (χ3v) is 4.62. The van der Waals surface area contributed by atoms with Crippen molar-refractivity contribution in [1.82, 2.24) is 9.78 Å². The number of thiocarbonyl (C=S) groups is 1. The van der Waals surface area contributed by atoms with Gasteiger partial charge in [-0.25, -0.2) is 0 Å². The van der Waals surface area contributed by atoms with E-state index in [-0.39, 0.29) is 0 Å². The van der Waals surface area contributed by atoms with E-state index in [1.807, 2.05) is 30.5 Å². The predicted octanol–water partition coefficient (Wildman–Crippen LogP) is 5.70. The molecule has 3 rings (SSSR count). The molecule has 0 aliphatic heterocycles. The predicted molar refractivity (Wildman–Crippen MR) is 109 cm³/mol. The zero-order chi connectivity index (χ0) is 17.8. The first kappa shape index (κ1) is 18.0. The van der Waals surface area contributed by atoms with Gasteiger partial charge in [0, 0.05) is 11.2 Å². The van der Waals surface area contributed by atoms with Gasteiger partial charge in [0.2, 0.25) is 0 Å². The second-order valence-corrected chi connectivity index (χ2v) is 6.86. The van der Waals surface area contributed by atoms with E-state index in [1.165, 1.54) is 0 Å². The third kappa shape index (κ3) is 4.86. The summed E-state index contributed by atoms with van der Waals surface area (Å²) in [4.78, 5) is 0. The van der Waals surface area contributed by atoms with Crippen LogP contribution in [0.3, 0.4) is 0 Å². The number of hydrogen-bond donors (Lipinski definition) is 2. The maximum Gasteiger partial charge on any atom is 0.175 e. The molecule has 0 unspecified atom stereocenters. The fourth-order valence-corrected chi connectivity index (χ4v) is 2.88. The quantitative estimate of drug-likeness (QED) is 0.540. The molecule has 25 heavy (non-hydrogen) atoms. The molecule has 0 saturated heterocycles. The van der Waals surface area contributed by atoms with Gasteiger partial charge in [0.15, 0.2) is 5.11 Å². The van der Waals surface area contributed by atoms with Crippen molar-refractivity contribution < 1.29 is 0 Å². The highest BCUT2D eigenvalue weighted by atomic mass is 35.5. The van der Waals surface area contributed by atoms with Gasteiger partial charge < -0.3 is 10.6 Å². The fraction of sp³-hybridized carbons (Fsp3) is 0.0588. The molecule has 2 aromatic carbocycles. The first-order valence-electron chi connectivity index (χ1n) is 7.30. The van der Waals surface area contributed by atoms with Crippen LogP contribution in [0.5, 0.6) is 0 Å². The molecule has 2 N–H and O–H groups in total. The molecular formula is C17H13Cl3N4S. The molecule has 0 aliphatic rings. The van der Waals surface area contributed by atoms with Crippen LogP contribution < -0.4 is 10.6 Å². The van der Waals surface area contributed by atoms with Crippen molar-refractivity contribution in [1.29, 1.82) is 0 Å². The van der Waals surface area contributed by atoms with E-state index >= 15 is 0 Å². The van der Waals surface area contributed by atoms with Gasteiger partial charge in [0.1, 0.15) is 0 Å². The van der Waals surface area contributed by atoms with Crippen LogP contribution in [0.1, 0.15) is 5.56 Å². The molecule has 0 amide bonds. The zero-order valence-electron chi connectivity index (χ0n) is 12.8. The summed E-state index contributed by atoms with van der Waals surface area (Å²) in [5, 5.41) is 12.4. The molecule has 0 saturated carbocycles. The first-order chi connectivity index (χ1) is 12.0. The molecule has 0 bridgehead atoms. The topological polar surface area (TPSA) is 41.9 Å². The number of rotatable bonds is 4. The standard InChI is InChI=1S/C17H13Cl3N4S/c18-12-6-4-11(5-7-12)9-24-10-13(8-21-24)22-17(25)23-15-3-1-2-14(19)16(15)20/h1-8,10H,9H2,(H2,22,23,25). The molecule has 3 aromatic rings. The van der Waals surface area contributed by atoms with E-state index in [0.29, 0.717) is 32.4 Å². The van der Waals surface area contributed by atoms with Crippen molar-refractivity contribution in [3.63, 3.8) is 0 Å². The summed E-state index contributed by atoms with van der Waals surface area (Å²) in [6, 6.07) is 12.9. The minimum Gasteiger partial charge on any atom is -0.331 e. The average Bonchev–Trinajstić information content (AvgIpc) is 3.01. The third-order valence-electron chi connectivity index (χ3n) is 3.35. The van der Waals surface area contributed by atoms with E-state index in [1.54, 1.807) is 29.1 Å². The summed E-state index contributed by atoms with van der Waals surface area (Å²) in [7, 11) is 0. The Morgan fingerprint density at radius 2 is 1.80 bits per heavy atom. The molecule has 0 fully saturated rings. The number of benzene rings is 2. The number of hydrogen-bond acceptors (Lipinski definition) is 2. The van der Waals surface area contributed by atoms with Gasteiger partial charge in [-0.15, -0.1) is 0 Å². The van der Waals surface area contributed by atoms with Crippen LogP contribution in [0.4, 0.5) is 11.4 Å². The van der Waals surface area contributed by atoms with Crippen LogP contribution in [-0.2, 0) is 6.54 Å². The lowest BCUT2D eigenvalue weighted by Crippen LogP contribution is -2.19. The van der Waals surface area contributed by atoms with Crippen LogP contribution in [0.15, 0.2) is 54.9 Å². The highest BCUT2D eigenvalue weighted by Gasteiger charge is 2.07. The van der Waals surface area contributed by atoms with Gasteiger partial charge in [-0.1, -0.05) is 53.0 Å². The Kier molecular flexibility index (Phi) is 5.81. The highest BCUT2D eigenvalue weighted by Crippen LogP contribution is 2.29. The van der Waals surface area contributed by atoms with Crippen LogP contribution in [0, 0.1) is 0 Å². The molecule has 4 nitrogen and oxygen atoms in total. The number of halogens is 3. The van der Waals surface area contributed by atoms with E-state index in [4.69, 9.17) is 47.0 Å². The minimum atomic E-state index is 0.398. The number of nitrogens with one attached hydrogen (secondary N) is 2. The molecule has 0 aliphatic carbocycles. The largest absolute Gasteiger partial charge is 0.331 e. The Hall–Kier alpha value is -1.79. The SMILES string of the molecule is S=C(Nc1cnn(Cc2ccc(Cl)cc2)c1)Nc1cccc(Cl)c1Cl. The van der Waals surface area contributed by atoms with E-state index in [0.717, 1.165) is 11.3 Å². The summed E-state index contributed by atoms with van der Waals surface area (Å²) in [6.07, 6.45) is 3.56. The monoisotopic (exact) mass is 410 g/mol. The van der Waals surface area contributed by atoms with Gasteiger partial charge in [-0.05, 0) is 42.0 Å². The maximum absolute atomic E-state index is 6.14. The van der Waals surface area contributed by atoms with Crippen molar-refractivity contribution in [2.24, 2.45) is 0 Å². The minimum absolute atomic E-state index is 0.398. The maximum atomic E-state index is 6.14. The molecule has 1 heterocycles. The second kappa shape index (κ2) is 8.06. The fourth-order valence-electron chi connectivity index (χ4n) is 2.18. The van der Waals surface area contributed by atoms with Gasteiger partial charge >= 0.3 is 0 Å². The van der Waals surface area contributed by atoms with Gasteiger partial charge in [-0.3, -0.25) is 4.68 Å². The lowest BCUT2D eigenvalue weighted by Gasteiger charge is -2.11. The first-order valence-corrected chi connectivity index (χ1v) is 8.84. The Morgan fingerprint density at radius 3 is 2.56 bits per heavy atom. The summed E-state index contributed by atoms with van der Waals surface area (Å²) >= 11 is 23.3. The Balaban J connectivity index is 1.61. The molecule has 0 radical (unpaired) electrons. The summed E-state index contributed by atoms with van der Waals surface area (Å²) < 4.78 is 1.81. The molecule has 0 spiro atoms. The van der Waals surface area contributed by atoms with Crippen molar-refractivity contribution in [3.8, 4) is 0 Å². The van der Waals surface area contributed by atoms with Gasteiger partial charge in [0.05, 0.1) is 34.2 Å². The Bertz CT molecular complexity index is 893. The van der Waals surface area contributed by atoms with Crippen LogP contribution in [0.2, 0.25) is 15.1 Å².